The summed E-state index contributed by atoms with van der Waals surface area (Å²) in [5, 5.41) is 11.1. The largest absolute Gasteiger partial charge is 0.490 e. The lowest BCUT2D eigenvalue weighted by Crippen LogP contribution is -2.34. The molecule has 230 valence electrons. The zero-order valence-corrected chi connectivity index (χ0v) is 25.1. The smallest absolute Gasteiger partial charge is 0.320 e. The molecule has 0 unspecified atom stereocenters. The van der Waals surface area contributed by atoms with Crippen molar-refractivity contribution in [2.24, 2.45) is 11.5 Å². The number of ether oxygens (including phenoxy) is 3. The van der Waals surface area contributed by atoms with Gasteiger partial charge >= 0.3 is 11.9 Å². The number of aromatic nitrogens is 2. The van der Waals surface area contributed by atoms with E-state index in [0.717, 1.165) is 5.56 Å². The number of halogens is 1. The number of anilines is 1. The van der Waals surface area contributed by atoms with Crippen LogP contribution in [0.4, 0.5) is 11.5 Å². The number of pyridine rings is 1. The summed E-state index contributed by atoms with van der Waals surface area (Å²) in [4.78, 5) is 35.5. The highest BCUT2D eigenvalue weighted by Crippen LogP contribution is 2.42. The minimum Gasteiger partial charge on any atom is -0.490 e. The molecule has 45 heavy (non-hydrogen) atoms. The van der Waals surface area contributed by atoms with Crippen LogP contribution in [0.5, 0.6) is 5.75 Å². The van der Waals surface area contributed by atoms with Gasteiger partial charge in [0.25, 0.3) is 0 Å². The second-order valence-corrected chi connectivity index (χ2v) is 10.5. The van der Waals surface area contributed by atoms with Crippen molar-refractivity contribution in [2.45, 2.75) is 16.9 Å². The van der Waals surface area contributed by atoms with Crippen LogP contribution >= 0.6 is 23.4 Å². The number of benzene rings is 2. The van der Waals surface area contributed by atoms with Gasteiger partial charge in [0, 0.05) is 21.9 Å². The van der Waals surface area contributed by atoms with Gasteiger partial charge in [-0.1, -0.05) is 35.5 Å². The fourth-order valence-corrected chi connectivity index (χ4v) is 4.91. The molecule has 0 radical (unpaired) electrons. The Hall–Kier alpha value is -5.12. The van der Waals surface area contributed by atoms with Crippen molar-refractivity contribution in [3.63, 3.8) is 0 Å². The minimum absolute atomic E-state index is 0.0274. The standard InChI is InChI=1S/C30H26ClN7O6S/c1-36-27-26(17-4-8-21(9-5-17)41-14-22(44-25(40)12-34)15-42-24(39)11-33)23(10-32)30(38-28(27)35)45-16-20-13-43-29(37-20)18-2-6-19(31)7-3-18/h2-9,13,22H,11-12,14-16,33-34H2,(H2,35,38)/t22-/m0/s1. The minimum atomic E-state index is -0.929. The van der Waals surface area contributed by atoms with Crippen molar-refractivity contribution < 1.29 is 28.2 Å². The lowest BCUT2D eigenvalue weighted by atomic mass is 10.00. The number of carbonyl (C=O) groups is 2. The summed E-state index contributed by atoms with van der Waals surface area (Å²) >= 11 is 7.19. The van der Waals surface area contributed by atoms with Crippen LogP contribution in [-0.2, 0) is 24.8 Å². The van der Waals surface area contributed by atoms with Crippen molar-refractivity contribution in [2.75, 3.05) is 32.0 Å². The van der Waals surface area contributed by atoms with Crippen molar-refractivity contribution >= 4 is 46.8 Å². The molecule has 0 aliphatic heterocycles. The second-order valence-electron chi connectivity index (χ2n) is 9.10. The number of nitrogen functional groups attached to an aromatic ring is 1. The fraction of sp³-hybridized carbons (Fsp3) is 0.200. The molecule has 0 saturated carbocycles. The average molecular weight is 648 g/mol. The number of carbonyl (C=O) groups excluding carboxylic acids is 2. The molecule has 0 spiro atoms. The van der Waals surface area contributed by atoms with Crippen molar-refractivity contribution in [1.82, 2.24) is 9.97 Å². The van der Waals surface area contributed by atoms with E-state index in [1.165, 1.54) is 18.0 Å². The zero-order chi connectivity index (χ0) is 32.3. The van der Waals surface area contributed by atoms with Crippen molar-refractivity contribution in [1.29, 1.82) is 5.26 Å². The van der Waals surface area contributed by atoms with E-state index in [1.54, 1.807) is 48.5 Å². The van der Waals surface area contributed by atoms with E-state index in [0.29, 0.717) is 44.3 Å². The molecule has 0 bridgehead atoms. The van der Waals surface area contributed by atoms with E-state index in [4.69, 9.17) is 54.0 Å². The van der Waals surface area contributed by atoms with E-state index < -0.39 is 18.0 Å². The first-order valence-corrected chi connectivity index (χ1v) is 14.5. The van der Waals surface area contributed by atoms with E-state index in [1.807, 2.05) is 0 Å². The molecule has 0 fully saturated rings. The maximum atomic E-state index is 11.7. The SMILES string of the molecule is [C-]#[N+]c1c(N)nc(SCc2coc(-c3ccc(Cl)cc3)n2)c(C#N)c1-c1ccc(OC[C@@H](COC(=O)CN)OC(=O)CN)cc1. The van der Waals surface area contributed by atoms with Crippen LogP contribution in [0.3, 0.4) is 0 Å². The van der Waals surface area contributed by atoms with E-state index in [9.17, 15) is 14.9 Å². The molecule has 4 rings (SSSR count). The molecule has 0 amide bonds. The van der Waals surface area contributed by atoms with Crippen molar-refractivity contribution in [3.05, 3.63) is 82.5 Å². The Kier molecular flexibility index (Phi) is 11.3. The van der Waals surface area contributed by atoms with Gasteiger partial charge in [-0.3, -0.25) is 9.59 Å². The fourth-order valence-electron chi connectivity index (χ4n) is 3.92. The van der Waals surface area contributed by atoms with Crippen LogP contribution in [0.2, 0.25) is 5.02 Å². The van der Waals surface area contributed by atoms with Gasteiger partial charge < -0.3 is 35.8 Å². The van der Waals surface area contributed by atoms with Crippen LogP contribution < -0.4 is 21.9 Å². The van der Waals surface area contributed by atoms with E-state index >= 15 is 0 Å². The third-order valence-electron chi connectivity index (χ3n) is 6.03. The summed E-state index contributed by atoms with van der Waals surface area (Å²) in [6.07, 6.45) is 0.588. The van der Waals surface area contributed by atoms with Crippen LogP contribution in [0.1, 0.15) is 11.3 Å². The van der Waals surface area contributed by atoms with Gasteiger partial charge in [0.15, 0.2) is 6.10 Å². The monoisotopic (exact) mass is 647 g/mol. The molecule has 2 aromatic carbocycles. The zero-order valence-electron chi connectivity index (χ0n) is 23.6. The highest BCUT2D eigenvalue weighted by Gasteiger charge is 2.22. The maximum absolute atomic E-state index is 11.7. The average Bonchev–Trinajstić information content (AvgIpc) is 3.54. The number of thioether (sulfide) groups is 1. The van der Waals surface area contributed by atoms with Gasteiger partial charge in [-0.15, -0.1) is 0 Å². The van der Waals surface area contributed by atoms with Crippen LogP contribution in [0.15, 0.2) is 64.2 Å². The molecular weight excluding hydrogens is 622 g/mol. The number of nitrogens with zero attached hydrogens (tertiary/aromatic N) is 4. The number of nitriles is 1. The third-order valence-corrected chi connectivity index (χ3v) is 7.29. The number of hydrogen-bond acceptors (Lipinski definition) is 13. The van der Waals surface area contributed by atoms with Crippen LogP contribution in [-0.4, -0.2) is 54.3 Å². The molecule has 1 atom stereocenters. The molecule has 0 aliphatic rings. The van der Waals surface area contributed by atoms with Gasteiger partial charge in [-0.25, -0.2) is 14.8 Å². The molecule has 2 heterocycles. The normalized spacial score (nSPS) is 11.2. The molecule has 6 N–H and O–H groups in total. The summed E-state index contributed by atoms with van der Waals surface area (Å²) in [5.74, 6) is -0.289. The molecule has 2 aromatic heterocycles. The van der Waals surface area contributed by atoms with Gasteiger partial charge in [0.1, 0.15) is 42.1 Å². The highest BCUT2D eigenvalue weighted by atomic mass is 35.5. The first-order chi connectivity index (χ1) is 21.8. The van der Waals surface area contributed by atoms with Crippen molar-refractivity contribution in [3.8, 4) is 34.4 Å². The molecular formula is C30H26ClN7O6S. The maximum Gasteiger partial charge on any atom is 0.320 e. The van der Waals surface area contributed by atoms with Gasteiger partial charge in [0.2, 0.25) is 11.6 Å². The number of esters is 2. The Bertz CT molecular complexity index is 1750. The number of nitrogens with two attached hydrogens (primary N) is 3. The summed E-state index contributed by atoms with van der Waals surface area (Å²) in [6.45, 7) is 6.59. The molecule has 4 aromatic rings. The summed E-state index contributed by atoms with van der Waals surface area (Å²) < 4.78 is 21.5. The lowest BCUT2D eigenvalue weighted by Gasteiger charge is -2.18. The first kappa shape index (κ1) is 32.8. The van der Waals surface area contributed by atoms with E-state index in [2.05, 4.69) is 20.9 Å². The summed E-state index contributed by atoms with van der Waals surface area (Å²) in [6, 6.07) is 15.7. The Morgan fingerprint density at radius 1 is 1.04 bits per heavy atom. The van der Waals surface area contributed by atoms with Crippen LogP contribution in [0.25, 0.3) is 27.4 Å². The first-order valence-electron chi connectivity index (χ1n) is 13.2. The topological polar surface area (TPSA) is 207 Å². The van der Waals surface area contributed by atoms with E-state index in [-0.39, 0.29) is 43.4 Å². The van der Waals surface area contributed by atoms with Gasteiger partial charge in [-0.2, -0.15) is 5.26 Å². The van der Waals surface area contributed by atoms with Gasteiger partial charge in [-0.05, 0) is 42.0 Å². The second kappa shape index (κ2) is 15.6. The van der Waals surface area contributed by atoms with Crippen LogP contribution in [0, 0.1) is 17.9 Å². The Morgan fingerprint density at radius 3 is 2.38 bits per heavy atom. The lowest BCUT2D eigenvalue weighted by molar-refractivity contribution is -0.158. The summed E-state index contributed by atoms with van der Waals surface area (Å²) in [7, 11) is 0. The molecule has 15 heteroatoms. The predicted molar refractivity (Wildman–Crippen MR) is 166 cm³/mol. The number of oxazole rings is 1. The Labute approximate surface area is 267 Å². The van der Waals surface area contributed by atoms with Gasteiger partial charge in [0.05, 0.1) is 30.9 Å². The molecule has 13 nitrogen and oxygen atoms in total. The number of rotatable bonds is 13. The number of hydrogen-bond donors (Lipinski definition) is 3. The summed E-state index contributed by atoms with van der Waals surface area (Å²) in [5.41, 5.74) is 19.1. The third kappa shape index (κ3) is 8.50. The Morgan fingerprint density at radius 2 is 1.73 bits per heavy atom. The highest BCUT2D eigenvalue weighted by molar-refractivity contribution is 7.98. The Balaban J connectivity index is 1.52. The molecule has 0 saturated heterocycles. The predicted octanol–water partition coefficient (Wildman–Crippen LogP) is 4.11. The molecule has 0 aliphatic carbocycles. The quantitative estimate of drug-likeness (QED) is 0.106.